The summed E-state index contributed by atoms with van der Waals surface area (Å²) in [4.78, 5) is 4.50. The Labute approximate surface area is 55.1 Å². The Hall–Kier alpha value is -0.120. The van der Waals surface area contributed by atoms with Crippen LogP contribution >= 0.6 is 0 Å². The summed E-state index contributed by atoms with van der Waals surface area (Å²) in [6, 6.07) is 0. The van der Waals surface area contributed by atoms with Crippen molar-refractivity contribution in [2.75, 3.05) is 19.8 Å². The fourth-order valence-electron chi connectivity index (χ4n) is 1.07. The molecule has 0 radical (unpaired) electrons. The smallest absolute Gasteiger partial charge is 0.0729 e. The summed E-state index contributed by atoms with van der Waals surface area (Å²) >= 11 is 0. The van der Waals surface area contributed by atoms with Gasteiger partial charge < -0.3 is 9.57 Å². The predicted octanol–water partition coefficient (Wildman–Crippen LogP) is 0.303. The van der Waals surface area contributed by atoms with Gasteiger partial charge in [-0.15, -0.1) is 0 Å². The zero-order valence-corrected chi connectivity index (χ0v) is 5.51. The van der Waals surface area contributed by atoms with E-state index in [-0.39, 0.29) is 0 Å². The van der Waals surface area contributed by atoms with Crippen molar-refractivity contribution in [3.8, 4) is 0 Å². The standard InChI is InChI=1S/C6H13NO2/c7-9-5-6-2-1-3-8-4-6/h6H,1-5,7H2. The van der Waals surface area contributed by atoms with E-state index in [4.69, 9.17) is 10.6 Å². The minimum atomic E-state index is 0.531. The summed E-state index contributed by atoms with van der Waals surface area (Å²) in [5.74, 6) is 5.44. The van der Waals surface area contributed by atoms with Crippen molar-refractivity contribution >= 4 is 0 Å². The molecule has 0 saturated carbocycles. The van der Waals surface area contributed by atoms with Crippen LogP contribution in [0.25, 0.3) is 0 Å². The maximum Gasteiger partial charge on any atom is 0.0729 e. The Morgan fingerprint density at radius 2 is 2.56 bits per heavy atom. The first kappa shape index (κ1) is 6.99. The molecule has 0 bridgehead atoms. The van der Waals surface area contributed by atoms with Crippen LogP contribution in [-0.4, -0.2) is 19.8 Å². The van der Waals surface area contributed by atoms with Crippen molar-refractivity contribution < 1.29 is 9.57 Å². The predicted molar refractivity (Wildman–Crippen MR) is 33.7 cm³/mol. The largest absolute Gasteiger partial charge is 0.381 e. The van der Waals surface area contributed by atoms with Crippen LogP contribution in [0.15, 0.2) is 0 Å². The zero-order chi connectivity index (χ0) is 6.53. The number of hydrogen-bond donors (Lipinski definition) is 1. The molecule has 0 spiro atoms. The van der Waals surface area contributed by atoms with Crippen LogP contribution in [-0.2, 0) is 9.57 Å². The quantitative estimate of drug-likeness (QED) is 0.548. The number of ether oxygens (including phenoxy) is 1. The van der Waals surface area contributed by atoms with Gasteiger partial charge in [-0.2, -0.15) is 0 Å². The number of rotatable bonds is 2. The lowest BCUT2D eigenvalue weighted by atomic mass is 10.0. The molecule has 0 amide bonds. The monoisotopic (exact) mass is 131 g/mol. The lowest BCUT2D eigenvalue weighted by Gasteiger charge is -2.20. The molecule has 1 unspecified atom stereocenters. The molecule has 1 saturated heterocycles. The van der Waals surface area contributed by atoms with Gasteiger partial charge in [0, 0.05) is 12.5 Å². The average Bonchev–Trinajstić information content (AvgIpc) is 1.91. The van der Waals surface area contributed by atoms with Crippen molar-refractivity contribution in [2.45, 2.75) is 12.8 Å². The van der Waals surface area contributed by atoms with Crippen LogP contribution in [0.5, 0.6) is 0 Å². The third-order valence-electron chi connectivity index (χ3n) is 1.59. The summed E-state index contributed by atoms with van der Waals surface area (Å²) in [5, 5.41) is 0. The molecule has 1 rings (SSSR count). The fraction of sp³-hybridized carbons (Fsp3) is 1.00. The van der Waals surface area contributed by atoms with Gasteiger partial charge in [-0.3, -0.25) is 0 Å². The third-order valence-corrected chi connectivity index (χ3v) is 1.59. The van der Waals surface area contributed by atoms with E-state index in [1.807, 2.05) is 0 Å². The normalized spacial score (nSPS) is 28.3. The van der Waals surface area contributed by atoms with E-state index >= 15 is 0 Å². The second-order valence-electron chi connectivity index (χ2n) is 2.42. The van der Waals surface area contributed by atoms with Crippen LogP contribution in [0.1, 0.15) is 12.8 Å². The Balaban J connectivity index is 2.08. The minimum Gasteiger partial charge on any atom is -0.381 e. The molecule has 54 valence electrons. The molecule has 0 aromatic heterocycles. The van der Waals surface area contributed by atoms with Crippen molar-refractivity contribution in [1.29, 1.82) is 0 Å². The van der Waals surface area contributed by atoms with E-state index in [1.54, 1.807) is 0 Å². The first-order chi connectivity index (χ1) is 4.43. The maximum atomic E-state index is 5.20. The molecule has 2 N–H and O–H groups in total. The van der Waals surface area contributed by atoms with Crippen LogP contribution in [0.3, 0.4) is 0 Å². The topological polar surface area (TPSA) is 44.5 Å². The van der Waals surface area contributed by atoms with Gasteiger partial charge in [0.2, 0.25) is 0 Å². The van der Waals surface area contributed by atoms with Gasteiger partial charge in [0.1, 0.15) is 0 Å². The maximum absolute atomic E-state index is 5.20. The zero-order valence-electron chi connectivity index (χ0n) is 5.51. The first-order valence-electron chi connectivity index (χ1n) is 3.33. The Morgan fingerprint density at radius 1 is 1.67 bits per heavy atom. The van der Waals surface area contributed by atoms with E-state index in [2.05, 4.69) is 4.84 Å². The second-order valence-corrected chi connectivity index (χ2v) is 2.42. The molecule has 1 atom stereocenters. The molecule has 0 aromatic carbocycles. The van der Waals surface area contributed by atoms with Gasteiger partial charge in [0.25, 0.3) is 0 Å². The summed E-state index contributed by atoms with van der Waals surface area (Å²) in [6.07, 6.45) is 2.34. The molecule has 0 aromatic rings. The average molecular weight is 131 g/mol. The van der Waals surface area contributed by atoms with Crippen molar-refractivity contribution in [3.05, 3.63) is 0 Å². The Kier molecular flexibility index (Phi) is 2.97. The lowest BCUT2D eigenvalue weighted by molar-refractivity contribution is 0.00532. The van der Waals surface area contributed by atoms with E-state index in [0.29, 0.717) is 12.5 Å². The molecule has 3 nitrogen and oxygen atoms in total. The van der Waals surface area contributed by atoms with Gasteiger partial charge in [0.05, 0.1) is 13.2 Å². The van der Waals surface area contributed by atoms with Crippen molar-refractivity contribution in [1.82, 2.24) is 0 Å². The summed E-state index contributed by atoms with van der Waals surface area (Å²) in [6.45, 7) is 2.36. The fourth-order valence-corrected chi connectivity index (χ4v) is 1.07. The van der Waals surface area contributed by atoms with Gasteiger partial charge >= 0.3 is 0 Å². The van der Waals surface area contributed by atoms with Crippen molar-refractivity contribution in [3.63, 3.8) is 0 Å². The third kappa shape index (κ3) is 2.30. The summed E-state index contributed by atoms with van der Waals surface area (Å²) in [5.41, 5.74) is 0. The molecule has 3 heteroatoms. The Bertz CT molecular complexity index is 68.7. The van der Waals surface area contributed by atoms with Gasteiger partial charge in [0.15, 0.2) is 0 Å². The molecule has 9 heavy (non-hydrogen) atoms. The highest BCUT2D eigenvalue weighted by Gasteiger charge is 2.12. The van der Waals surface area contributed by atoms with E-state index in [9.17, 15) is 0 Å². The highest BCUT2D eigenvalue weighted by molar-refractivity contribution is 4.60. The van der Waals surface area contributed by atoms with E-state index < -0.39 is 0 Å². The van der Waals surface area contributed by atoms with E-state index in [1.165, 1.54) is 6.42 Å². The molecule has 0 aliphatic carbocycles. The molecule has 1 fully saturated rings. The van der Waals surface area contributed by atoms with E-state index in [0.717, 1.165) is 19.6 Å². The Morgan fingerprint density at radius 3 is 3.11 bits per heavy atom. The number of nitrogens with two attached hydrogens (primary N) is 1. The molecule has 1 aliphatic rings. The SMILES string of the molecule is NOCC1CCCOC1. The van der Waals surface area contributed by atoms with Gasteiger partial charge in [-0.25, -0.2) is 5.90 Å². The summed E-state index contributed by atoms with van der Waals surface area (Å²) in [7, 11) is 0. The molecular weight excluding hydrogens is 118 g/mol. The second kappa shape index (κ2) is 3.82. The highest BCUT2D eigenvalue weighted by atomic mass is 16.6. The summed E-state index contributed by atoms with van der Waals surface area (Å²) < 4.78 is 5.20. The highest BCUT2D eigenvalue weighted by Crippen LogP contribution is 2.12. The van der Waals surface area contributed by atoms with Crippen LogP contribution in [0, 0.1) is 5.92 Å². The van der Waals surface area contributed by atoms with Gasteiger partial charge in [-0.1, -0.05) is 0 Å². The van der Waals surface area contributed by atoms with Crippen molar-refractivity contribution in [2.24, 2.45) is 11.8 Å². The lowest BCUT2D eigenvalue weighted by Crippen LogP contribution is -2.23. The van der Waals surface area contributed by atoms with Crippen LogP contribution in [0.4, 0.5) is 0 Å². The molecule has 1 aliphatic heterocycles. The molecular formula is C6H13NO2. The van der Waals surface area contributed by atoms with Gasteiger partial charge in [-0.05, 0) is 12.8 Å². The molecule has 1 heterocycles. The number of hydrogen-bond acceptors (Lipinski definition) is 3. The first-order valence-corrected chi connectivity index (χ1v) is 3.33. The van der Waals surface area contributed by atoms with Crippen LogP contribution < -0.4 is 5.90 Å². The minimum absolute atomic E-state index is 0.531. The van der Waals surface area contributed by atoms with Crippen LogP contribution in [0.2, 0.25) is 0 Å².